The molecule has 9 nitrogen and oxygen atoms in total. The first kappa shape index (κ1) is 27.7. The van der Waals surface area contributed by atoms with E-state index in [9.17, 15) is 14.3 Å². The van der Waals surface area contributed by atoms with E-state index in [1.807, 2.05) is 29.2 Å². The number of nitrogens with one attached hydrogen (secondary N) is 2. The Bertz CT molecular complexity index is 1190. The first-order valence-corrected chi connectivity index (χ1v) is 13.3. The number of rotatable bonds is 15. The highest BCUT2D eigenvalue weighted by atomic mass is 19.1. The lowest BCUT2D eigenvalue weighted by Crippen LogP contribution is -2.38. The minimum atomic E-state index is -1.14. The van der Waals surface area contributed by atoms with Crippen LogP contribution in [0.5, 0.6) is 0 Å². The maximum atomic E-state index is 14.5. The zero-order valence-electron chi connectivity index (χ0n) is 21.9. The average Bonchev–Trinajstić information content (AvgIpc) is 2.93. The summed E-state index contributed by atoms with van der Waals surface area (Å²) in [5, 5.41) is 17.1. The largest absolute Gasteiger partial charge is 0.480 e. The number of unbranched alkanes of at least 4 members (excludes halogenated alkanes) is 1. The van der Waals surface area contributed by atoms with Crippen LogP contribution in [0.3, 0.4) is 0 Å². The number of carbonyl (C=O) groups is 1. The number of fused-ring (bicyclic) bond motifs is 2. The fourth-order valence-corrected chi connectivity index (χ4v) is 4.81. The van der Waals surface area contributed by atoms with Crippen molar-refractivity contribution in [1.29, 1.82) is 0 Å². The molecule has 10 heteroatoms. The maximum absolute atomic E-state index is 14.5. The molecule has 0 aliphatic carbocycles. The van der Waals surface area contributed by atoms with Crippen LogP contribution >= 0.6 is 0 Å². The molecule has 2 atom stereocenters. The molecular formula is C28H37FN6O3. The van der Waals surface area contributed by atoms with Crippen molar-refractivity contribution in [2.24, 2.45) is 0 Å². The Balaban J connectivity index is 1.33. The summed E-state index contributed by atoms with van der Waals surface area (Å²) in [6, 6.07) is 10.8. The molecule has 2 unspecified atom stereocenters. The Labute approximate surface area is 222 Å². The van der Waals surface area contributed by atoms with Crippen molar-refractivity contribution in [2.75, 3.05) is 50.5 Å². The fraction of sp³-hybridized carbons (Fsp3) is 0.500. The second-order valence-electron chi connectivity index (χ2n) is 9.71. The number of hydrogen-bond acceptors (Lipinski definition) is 8. The van der Waals surface area contributed by atoms with Gasteiger partial charge in [-0.1, -0.05) is 18.2 Å². The number of nitrogens with zero attached hydrogens (tertiary/aromatic N) is 4. The fourth-order valence-electron chi connectivity index (χ4n) is 4.81. The molecule has 0 saturated heterocycles. The highest BCUT2D eigenvalue weighted by Crippen LogP contribution is 2.21. The number of hydrogen-bond donors (Lipinski definition) is 3. The van der Waals surface area contributed by atoms with Crippen LogP contribution in [-0.4, -0.2) is 83.0 Å². The average molecular weight is 525 g/mol. The molecule has 204 valence electrons. The molecule has 3 heterocycles. The first-order chi connectivity index (χ1) is 18.5. The minimum absolute atomic E-state index is 0.01000. The molecule has 38 heavy (non-hydrogen) atoms. The summed E-state index contributed by atoms with van der Waals surface area (Å²) in [4.78, 5) is 27.3. The SMILES string of the molecule is COCC(F)CN(CCCCc1ccc2c(n1)NCCC2)CCC(Nc1ncnc2ccccc12)C(=O)O. The van der Waals surface area contributed by atoms with E-state index in [4.69, 9.17) is 9.72 Å². The second-order valence-corrected chi connectivity index (χ2v) is 9.71. The normalized spacial score (nSPS) is 14.6. The van der Waals surface area contributed by atoms with Gasteiger partial charge in [-0.3, -0.25) is 0 Å². The van der Waals surface area contributed by atoms with Crippen LogP contribution in [0, 0.1) is 0 Å². The van der Waals surface area contributed by atoms with Crippen molar-refractivity contribution < 1.29 is 19.0 Å². The lowest BCUT2D eigenvalue weighted by Gasteiger charge is -2.26. The van der Waals surface area contributed by atoms with Crippen molar-refractivity contribution in [3.05, 3.63) is 54.0 Å². The van der Waals surface area contributed by atoms with Gasteiger partial charge >= 0.3 is 5.97 Å². The summed E-state index contributed by atoms with van der Waals surface area (Å²) in [7, 11) is 1.48. The monoisotopic (exact) mass is 524 g/mol. The van der Waals surface area contributed by atoms with Crippen molar-refractivity contribution in [2.45, 2.75) is 50.7 Å². The number of ether oxygens (including phenoxy) is 1. The third-order valence-electron chi connectivity index (χ3n) is 6.80. The highest BCUT2D eigenvalue weighted by molar-refractivity contribution is 5.90. The Morgan fingerprint density at radius 1 is 1.21 bits per heavy atom. The number of aryl methyl sites for hydroxylation is 2. The number of aromatic nitrogens is 3. The number of pyridine rings is 1. The van der Waals surface area contributed by atoms with Gasteiger partial charge in [0.1, 0.15) is 30.2 Å². The van der Waals surface area contributed by atoms with E-state index in [1.54, 1.807) is 0 Å². The lowest BCUT2D eigenvalue weighted by atomic mass is 10.1. The Morgan fingerprint density at radius 2 is 2.08 bits per heavy atom. The molecule has 1 aliphatic heterocycles. The standard InChI is InChI=1S/C28H37FN6O3/c1-38-18-21(29)17-35(15-5-4-8-22-12-11-20-7-6-14-30-26(20)33-22)16-13-25(28(36)37)34-27-23-9-2-3-10-24(23)31-19-32-27/h2-3,9-12,19,21,25H,4-8,13-18H2,1H3,(H,30,33)(H,36,37)(H,31,32,34). The topological polar surface area (TPSA) is 113 Å². The van der Waals surface area contributed by atoms with Crippen molar-refractivity contribution >= 4 is 28.5 Å². The van der Waals surface area contributed by atoms with Crippen LogP contribution in [0.4, 0.5) is 16.0 Å². The number of methoxy groups -OCH3 is 1. The molecule has 1 aromatic carbocycles. The van der Waals surface area contributed by atoms with E-state index < -0.39 is 18.2 Å². The Morgan fingerprint density at radius 3 is 2.92 bits per heavy atom. The van der Waals surface area contributed by atoms with Gasteiger partial charge in [0, 0.05) is 37.8 Å². The van der Waals surface area contributed by atoms with Gasteiger partial charge in [-0.2, -0.15) is 0 Å². The van der Waals surface area contributed by atoms with Crippen molar-refractivity contribution in [3.63, 3.8) is 0 Å². The summed E-state index contributed by atoms with van der Waals surface area (Å²) in [5.74, 6) is 0.497. The predicted molar refractivity (Wildman–Crippen MR) is 146 cm³/mol. The highest BCUT2D eigenvalue weighted by Gasteiger charge is 2.22. The molecule has 3 aromatic rings. The number of halogens is 1. The van der Waals surface area contributed by atoms with Crippen LogP contribution in [-0.2, 0) is 22.4 Å². The third-order valence-corrected chi connectivity index (χ3v) is 6.80. The van der Waals surface area contributed by atoms with E-state index in [0.29, 0.717) is 25.3 Å². The van der Waals surface area contributed by atoms with Crippen LogP contribution in [0.1, 0.15) is 36.9 Å². The van der Waals surface area contributed by atoms with Crippen molar-refractivity contribution in [3.8, 4) is 0 Å². The minimum Gasteiger partial charge on any atom is -0.480 e. The van der Waals surface area contributed by atoms with E-state index in [2.05, 4.69) is 32.7 Å². The number of anilines is 2. The van der Waals surface area contributed by atoms with E-state index in [0.717, 1.165) is 61.1 Å². The van der Waals surface area contributed by atoms with Gasteiger partial charge in [-0.15, -0.1) is 0 Å². The summed E-state index contributed by atoms with van der Waals surface area (Å²) in [5.41, 5.74) is 3.06. The first-order valence-electron chi connectivity index (χ1n) is 13.3. The van der Waals surface area contributed by atoms with Gasteiger partial charge in [-0.25, -0.2) is 24.1 Å². The summed E-state index contributed by atoms with van der Waals surface area (Å²) in [6.45, 7) is 2.26. The molecule has 2 aromatic heterocycles. The van der Waals surface area contributed by atoms with Gasteiger partial charge in [0.05, 0.1) is 12.1 Å². The molecule has 0 amide bonds. The van der Waals surface area contributed by atoms with E-state index in [1.165, 1.54) is 19.0 Å². The molecule has 0 spiro atoms. The van der Waals surface area contributed by atoms with Crippen LogP contribution in [0.15, 0.2) is 42.7 Å². The number of carboxylic acids is 1. The number of aliphatic carboxylic acids is 1. The number of benzene rings is 1. The number of alkyl halides is 1. The summed E-state index contributed by atoms with van der Waals surface area (Å²) < 4.78 is 19.4. The zero-order chi connectivity index (χ0) is 26.7. The number of carboxylic acid groups (broad SMARTS) is 1. The third kappa shape index (κ3) is 7.82. The van der Waals surface area contributed by atoms with Crippen LogP contribution < -0.4 is 10.6 Å². The summed E-state index contributed by atoms with van der Waals surface area (Å²) >= 11 is 0. The van der Waals surface area contributed by atoms with Crippen LogP contribution in [0.25, 0.3) is 10.9 Å². The zero-order valence-corrected chi connectivity index (χ0v) is 21.9. The van der Waals surface area contributed by atoms with Gasteiger partial charge < -0.3 is 25.4 Å². The summed E-state index contributed by atoms with van der Waals surface area (Å²) in [6.07, 6.45) is 5.39. The molecular weight excluding hydrogens is 487 g/mol. The van der Waals surface area contributed by atoms with Gasteiger partial charge in [0.25, 0.3) is 0 Å². The van der Waals surface area contributed by atoms with Gasteiger partial charge in [-0.05, 0) is 68.8 Å². The quantitative estimate of drug-likeness (QED) is 0.254. The molecule has 0 fully saturated rings. The molecule has 1 aliphatic rings. The smallest absolute Gasteiger partial charge is 0.326 e. The van der Waals surface area contributed by atoms with E-state index in [-0.39, 0.29) is 13.2 Å². The van der Waals surface area contributed by atoms with Gasteiger partial charge in [0.15, 0.2) is 0 Å². The Hall–Kier alpha value is -3.37. The molecule has 0 bridgehead atoms. The van der Waals surface area contributed by atoms with Crippen LogP contribution in [0.2, 0.25) is 0 Å². The maximum Gasteiger partial charge on any atom is 0.326 e. The predicted octanol–water partition coefficient (Wildman–Crippen LogP) is 3.95. The molecule has 0 saturated carbocycles. The van der Waals surface area contributed by atoms with Gasteiger partial charge in [0.2, 0.25) is 0 Å². The molecule has 0 radical (unpaired) electrons. The Kier molecular flexibility index (Phi) is 10.2. The number of para-hydroxylation sites is 1. The van der Waals surface area contributed by atoms with Crippen molar-refractivity contribution in [1.82, 2.24) is 19.9 Å². The van der Waals surface area contributed by atoms with E-state index >= 15 is 0 Å². The molecule has 4 rings (SSSR count). The lowest BCUT2D eigenvalue weighted by molar-refractivity contribution is -0.138. The molecule has 3 N–H and O–H groups in total. The second kappa shape index (κ2) is 14.0.